The van der Waals surface area contributed by atoms with Gasteiger partial charge in [-0.2, -0.15) is 0 Å². The van der Waals surface area contributed by atoms with E-state index in [2.05, 4.69) is 19.2 Å². The number of carboxylic acids is 1. The van der Waals surface area contributed by atoms with E-state index in [1.165, 1.54) is 13.2 Å². The quantitative estimate of drug-likeness (QED) is 0.829. The summed E-state index contributed by atoms with van der Waals surface area (Å²) in [7, 11) is 1.44. The predicted molar refractivity (Wildman–Crippen MR) is 73.0 cm³/mol. The highest BCUT2D eigenvalue weighted by atomic mass is 35.5. The zero-order valence-electron chi connectivity index (χ0n) is 10.8. The van der Waals surface area contributed by atoms with Crippen LogP contribution in [0.2, 0.25) is 5.02 Å². The summed E-state index contributed by atoms with van der Waals surface area (Å²) in [4.78, 5) is 11.0. The lowest BCUT2D eigenvalue weighted by Crippen LogP contribution is -2.17. The number of hydrogen-bond donors (Lipinski definition) is 2. The molecule has 0 fully saturated rings. The highest BCUT2D eigenvalue weighted by Crippen LogP contribution is 2.31. The molecule has 0 bridgehead atoms. The number of carboxylic acid groups (broad SMARTS) is 1. The fourth-order valence-corrected chi connectivity index (χ4v) is 1.93. The Labute approximate surface area is 112 Å². The first kappa shape index (κ1) is 14.6. The van der Waals surface area contributed by atoms with Gasteiger partial charge >= 0.3 is 5.97 Å². The van der Waals surface area contributed by atoms with E-state index in [-0.39, 0.29) is 5.56 Å². The second-order valence-electron chi connectivity index (χ2n) is 4.00. The van der Waals surface area contributed by atoms with Crippen LogP contribution in [0.5, 0.6) is 5.75 Å². The maximum absolute atomic E-state index is 11.0. The molecule has 2 N–H and O–H groups in total. The molecule has 0 aliphatic carbocycles. The fourth-order valence-electron chi connectivity index (χ4n) is 1.71. The first-order chi connectivity index (χ1) is 8.53. The molecule has 0 spiro atoms. The van der Waals surface area contributed by atoms with E-state index >= 15 is 0 Å². The molecule has 100 valence electrons. The number of methoxy groups -OCH3 is 1. The smallest absolute Gasteiger partial charge is 0.339 e. The van der Waals surface area contributed by atoms with Gasteiger partial charge in [-0.3, -0.25) is 0 Å². The third kappa shape index (κ3) is 3.29. The maximum atomic E-state index is 11.0. The van der Waals surface area contributed by atoms with Crippen LogP contribution >= 0.6 is 11.6 Å². The molecule has 0 heterocycles. The van der Waals surface area contributed by atoms with Crippen molar-refractivity contribution in [2.45, 2.75) is 32.7 Å². The second kappa shape index (κ2) is 6.50. The monoisotopic (exact) mass is 271 g/mol. The van der Waals surface area contributed by atoms with Gasteiger partial charge in [-0.1, -0.05) is 25.4 Å². The number of rotatable bonds is 6. The molecule has 1 aromatic rings. The second-order valence-corrected chi connectivity index (χ2v) is 4.40. The van der Waals surface area contributed by atoms with Crippen LogP contribution in [0.25, 0.3) is 0 Å². The molecule has 0 aliphatic rings. The normalized spacial score (nSPS) is 10.5. The number of nitrogens with one attached hydrogen (secondary N) is 1. The number of benzene rings is 1. The minimum absolute atomic E-state index is 0.0672. The molecular weight excluding hydrogens is 254 g/mol. The van der Waals surface area contributed by atoms with Crippen molar-refractivity contribution in [3.05, 3.63) is 22.7 Å². The highest BCUT2D eigenvalue weighted by Gasteiger charge is 2.16. The Hall–Kier alpha value is -1.42. The molecule has 5 heteroatoms. The Morgan fingerprint density at radius 2 is 2.06 bits per heavy atom. The minimum Gasteiger partial charge on any atom is -0.496 e. The lowest BCUT2D eigenvalue weighted by molar-refractivity contribution is 0.0693. The molecule has 0 radical (unpaired) electrons. The predicted octanol–water partition coefficient (Wildman–Crippen LogP) is 3.65. The molecule has 0 amide bonds. The van der Waals surface area contributed by atoms with E-state index in [1.54, 1.807) is 6.07 Å². The number of hydrogen-bond acceptors (Lipinski definition) is 3. The van der Waals surface area contributed by atoms with Crippen LogP contribution in [0, 0.1) is 0 Å². The Morgan fingerprint density at radius 1 is 1.44 bits per heavy atom. The molecule has 4 nitrogen and oxygen atoms in total. The van der Waals surface area contributed by atoms with Gasteiger partial charge in [0.25, 0.3) is 0 Å². The van der Waals surface area contributed by atoms with E-state index in [9.17, 15) is 4.79 Å². The molecule has 0 aromatic heterocycles. The van der Waals surface area contributed by atoms with Gasteiger partial charge in [0, 0.05) is 12.1 Å². The van der Waals surface area contributed by atoms with Gasteiger partial charge in [0.1, 0.15) is 11.3 Å². The largest absolute Gasteiger partial charge is 0.496 e. The molecule has 1 rings (SSSR count). The van der Waals surface area contributed by atoms with Crippen molar-refractivity contribution in [2.24, 2.45) is 0 Å². The SMILES string of the molecule is CCC(CC)Nc1cc(OC)c(C(=O)O)cc1Cl. The summed E-state index contributed by atoms with van der Waals surface area (Å²) in [5.41, 5.74) is 0.768. The summed E-state index contributed by atoms with van der Waals surface area (Å²) in [6.07, 6.45) is 1.94. The summed E-state index contributed by atoms with van der Waals surface area (Å²) < 4.78 is 5.07. The van der Waals surface area contributed by atoms with Gasteiger partial charge in [-0.25, -0.2) is 4.79 Å². The van der Waals surface area contributed by atoms with E-state index in [4.69, 9.17) is 21.4 Å². The zero-order chi connectivity index (χ0) is 13.7. The maximum Gasteiger partial charge on any atom is 0.339 e. The van der Waals surface area contributed by atoms with Gasteiger partial charge in [0.05, 0.1) is 17.8 Å². The first-order valence-electron chi connectivity index (χ1n) is 5.90. The van der Waals surface area contributed by atoms with Crippen LogP contribution in [-0.4, -0.2) is 24.2 Å². The molecule has 0 saturated heterocycles. The fraction of sp³-hybridized carbons (Fsp3) is 0.462. The molecule has 0 aliphatic heterocycles. The first-order valence-corrected chi connectivity index (χ1v) is 6.28. The molecule has 0 unspecified atom stereocenters. The van der Waals surface area contributed by atoms with Gasteiger partial charge < -0.3 is 15.2 Å². The van der Waals surface area contributed by atoms with Crippen molar-refractivity contribution in [1.29, 1.82) is 0 Å². The van der Waals surface area contributed by atoms with E-state index in [1.807, 2.05) is 0 Å². The van der Waals surface area contributed by atoms with Crippen LogP contribution in [-0.2, 0) is 0 Å². The lowest BCUT2D eigenvalue weighted by Gasteiger charge is -2.18. The molecule has 0 atom stereocenters. The van der Waals surface area contributed by atoms with Gasteiger partial charge in [-0.15, -0.1) is 0 Å². The Kier molecular flexibility index (Phi) is 5.28. The number of aromatic carboxylic acids is 1. The summed E-state index contributed by atoms with van der Waals surface area (Å²) in [6, 6.07) is 3.35. The number of carbonyl (C=O) groups is 1. The van der Waals surface area contributed by atoms with Gasteiger partial charge in [0.2, 0.25) is 0 Å². The van der Waals surface area contributed by atoms with Gasteiger partial charge in [-0.05, 0) is 18.9 Å². The molecule has 1 aromatic carbocycles. The summed E-state index contributed by atoms with van der Waals surface area (Å²) >= 11 is 6.08. The Morgan fingerprint density at radius 3 is 2.50 bits per heavy atom. The third-order valence-corrected chi connectivity index (χ3v) is 3.18. The molecule has 18 heavy (non-hydrogen) atoms. The van der Waals surface area contributed by atoms with E-state index < -0.39 is 5.97 Å². The summed E-state index contributed by atoms with van der Waals surface area (Å²) in [5, 5.41) is 12.7. The van der Waals surface area contributed by atoms with Crippen molar-refractivity contribution in [3.8, 4) is 5.75 Å². The topological polar surface area (TPSA) is 58.6 Å². The third-order valence-electron chi connectivity index (χ3n) is 2.86. The van der Waals surface area contributed by atoms with Crippen LogP contribution in [0.1, 0.15) is 37.0 Å². The Balaban J connectivity index is 3.11. The average Bonchev–Trinajstić information content (AvgIpc) is 2.36. The number of halogens is 1. The van der Waals surface area contributed by atoms with E-state index in [0.717, 1.165) is 12.8 Å². The number of anilines is 1. The zero-order valence-corrected chi connectivity index (χ0v) is 11.5. The van der Waals surface area contributed by atoms with Crippen LogP contribution < -0.4 is 10.1 Å². The van der Waals surface area contributed by atoms with Crippen LogP contribution in [0.4, 0.5) is 5.69 Å². The number of ether oxygens (including phenoxy) is 1. The van der Waals surface area contributed by atoms with E-state index in [0.29, 0.717) is 22.5 Å². The van der Waals surface area contributed by atoms with Crippen molar-refractivity contribution >= 4 is 23.3 Å². The standard InChI is InChI=1S/C13H18ClNO3/c1-4-8(5-2)15-11-7-12(18-3)9(13(16)17)6-10(11)14/h6-8,15H,4-5H2,1-3H3,(H,16,17). The molecular formula is C13H18ClNO3. The minimum atomic E-state index is -1.05. The van der Waals surface area contributed by atoms with Crippen molar-refractivity contribution < 1.29 is 14.6 Å². The van der Waals surface area contributed by atoms with Crippen molar-refractivity contribution in [1.82, 2.24) is 0 Å². The van der Waals surface area contributed by atoms with Crippen molar-refractivity contribution in [2.75, 3.05) is 12.4 Å². The average molecular weight is 272 g/mol. The lowest BCUT2D eigenvalue weighted by atomic mass is 10.1. The summed E-state index contributed by atoms with van der Waals surface area (Å²) in [5.74, 6) is -0.747. The Bertz CT molecular complexity index is 430. The molecule has 0 saturated carbocycles. The van der Waals surface area contributed by atoms with Crippen molar-refractivity contribution in [3.63, 3.8) is 0 Å². The highest BCUT2D eigenvalue weighted by molar-refractivity contribution is 6.33. The van der Waals surface area contributed by atoms with Gasteiger partial charge in [0.15, 0.2) is 0 Å². The van der Waals surface area contributed by atoms with Crippen LogP contribution in [0.3, 0.4) is 0 Å². The van der Waals surface area contributed by atoms with Crippen LogP contribution in [0.15, 0.2) is 12.1 Å². The summed E-state index contributed by atoms with van der Waals surface area (Å²) in [6.45, 7) is 4.16.